The summed E-state index contributed by atoms with van der Waals surface area (Å²) in [6, 6.07) is 22.8. The molecule has 3 heterocycles. The van der Waals surface area contributed by atoms with Crippen LogP contribution in [0.25, 0.3) is 10.9 Å². The van der Waals surface area contributed by atoms with Crippen LogP contribution in [0.1, 0.15) is 33.9 Å². The topological polar surface area (TPSA) is 46.9 Å². The first-order valence-electron chi connectivity index (χ1n) is 11.2. The molecule has 1 amide bonds. The number of carbonyl (C=O) groups is 1. The quantitative estimate of drug-likeness (QED) is 0.297. The normalized spacial score (nSPS) is 12.0. The van der Waals surface area contributed by atoms with E-state index in [1.54, 1.807) is 23.7 Å². The predicted molar refractivity (Wildman–Crippen MR) is 134 cm³/mol. The monoisotopic (exact) mass is 469 g/mol. The third kappa shape index (κ3) is 4.92. The average Bonchev–Trinajstić information content (AvgIpc) is 3.52. The largest absolute Gasteiger partial charge is 0.352 e. The molecule has 1 atom stereocenters. The van der Waals surface area contributed by atoms with Crippen molar-refractivity contribution in [3.8, 4) is 0 Å². The molecule has 0 saturated carbocycles. The fraction of sp³-hybridized carbons (Fsp3) is 0.143. The van der Waals surface area contributed by atoms with Crippen LogP contribution in [0.3, 0.4) is 0 Å². The van der Waals surface area contributed by atoms with Gasteiger partial charge in [0.1, 0.15) is 5.82 Å². The van der Waals surface area contributed by atoms with Crippen LogP contribution < -0.4 is 5.32 Å². The van der Waals surface area contributed by atoms with E-state index in [-0.39, 0.29) is 17.6 Å². The molecular formula is C28H24FN3OS. The van der Waals surface area contributed by atoms with Crippen LogP contribution in [-0.4, -0.2) is 15.5 Å². The van der Waals surface area contributed by atoms with E-state index in [9.17, 15) is 9.18 Å². The highest BCUT2D eigenvalue weighted by Crippen LogP contribution is 2.37. The summed E-state index contributed by atoms with van der Waals surface area (Å²) in [6.07, 6.45) is 5.96. The van der Waals surface area contributed by atoms with Gasteiger partial charge in [0.25, 0.3) is 0 Å². The molecule has 5 aromatic rings. The number of halogens is 1. The molecule has 0 aliphatic heterocycles. The minimum atomic E-state index is -0.239. The Labute approximate surface area is 201 Å². The summed E-state index contributed by atoms with van der Waals surface area (Å²) in [5, 5.41) is 6.24. The van der Waals surface area contributed by atoms with Crippen molar-refractivity contribution in [1.82, 2.24) is 14.9 Å². The van der Waals surface area contributed by atoms with Crippen LogP contribution in [0, 0.1) is 5.82 Å². The number of hydrogen-bond donors (Lipinski definition) is 1. The third-order valence-corrected chi connectivity index (χ3v) is 6.96. The molecular weight excluding hydrogens is 445 g/mol. The van der Waals surface area contributed by atoms with Crippen molar-refractivity contribution in [2.24, 2.45) is 0 Å². The number of pyridine rings is 1. The Kier molecular flexibility index (Phi) is 6.49. The van der Waals surface area contributed by atoms with E-state index in [1.807, 2.05) is 42.5 Å². The first kappa shape index (κ1) is 22.0. The van der Waals surface area contributed by atoms with Gasteiger partial charge < -0.3 is 9.88 Å². The molecule has 1 unspecified atom stereocenters. The van der Waals surface area contributed by atoms with Crippen LogP contribution in [-0.2, 0) is 17.9 Å². The van der Waals surface area contributed by atoms with Gasteiger partial charge in [0.05, 0.1) is 0 Å². The molecule has 0 spiro atoms. The number of thiophene rings is 1. The van der Waals surface area contributed by atoms with Crippen LogP contribution in [0.2, 0.25) is 0 Å². The van der Waals surface area contributed by atoms with E-state index in [4.69, 9.17) is 0 Å². The lowest BCUT2D eigenvalue weighted by molar-refractivity contribution is -0.121. The lowest BCUT2D eigenvalue weighted by atomic mass is 9.93. The molecule has 1 N–H and O–H groups in total. The van der Waals surface area contributed by atoms with Crippen molar-refractivity contribution in [3.63, 3.8) is 0 Å². The van der Waals surface area contributed by atoms with E-state index >= 15 is 0 Å². The number of benzene rings is 2. The van der Waals surface area contributed by atoms with Crippen LogP contribution in [0.4, 0.5) is 4.39 Å². The van der Waals surface area contributed by atoms with Gasteiger partial charge in [-0.1, -0.05) is 36.4 Å². The van der Waals surface area contributed by atoms with Crippen molar-refractivity contribution in [2.45, 2.75) is 25.4 Å². The molecule has 5 rings (SSSR count). The van der Waals surface area contributed by atoms with Gasteiger partial charge in [-0.2, -0.15) is 0 Å². The van der Waals surface area contributed by atoms with E-state index in [0.717, 1.165) is 32.5 Å². The van der Waals surface area contributed by atoms with Gasteiger partial charge in [-0.05, 0) is 58.5 Å². The molecule has 0 radical (unpaired) electrons. The highest BCUT2D eigenvalue weighted by molar-refractivity contribution is 7.10. The van der Waals surface area contributed by atoms with Gasteiger partial charge in [-0.15, -0.1) is 11.3 Å². The number of nitrogens with zero attached hydrogens (tertiary/aromatic N) is 2. The number of amides is 1. The van der Waals surface area contributed by atoms with E-state index in [1.165, 1.54) is 12.1 Å². The molecule has 0 saturated heterocycles. The van der Waals surface area contributed by atoms with Crippen molar-refractivity contribution >= 4 is 28.1 Å². The number of carbonyl (C=O) groups excluding carboxylic acids is 1. The summed E-state index contributed by atoms with van der Waals surface area (Å²) in [6.45, 7) is 1.11. The van der Waals surface area contributed by atoms with Gasteiger partial charge in [-0.3, -0.25) is 9.78 Å². The SMILES string of the molecule is O=C(CC(c1cccs1)c1cn(Cc2ccc(F)cc2)c2ccccc12)NCc1ccncc1. The van der Waals surface area contributed by atoms with Crippen molar-refractivity contribution in [3.05, 3.63) is 124 Å². The minimum Gasteiger partial charge on any atom is -0.352 e. The zero-order valence-corrected chi connectivity index (χ0v) is 19.3. The Morgan fingerprint density at radius 2 is 1.76 bits per heavy atom. The number of nitrogens with one attached hydrogen (secondary N) is 1. The molecule has 3 aromatic heterocycles. The molecule has 2 aromatic carbocycles. The fourth-order valence-electron chi connectivity index (χ4n) is 4.28. The van der Waals surface area contributed by atoms with Crippen LogP contribution in [0.5, 0.6) is 0 Å². The Morgan fingerprint density at radius 1 is 0.971 bits per heavy atom. The first-order valence-corrected chi connectivity index (χ1v) is 12.1. The summed E-state index contributed by atoms with van der Waals surface area (Å²) >= 11 is 1.67. The second-order valence-corrected chi connectivity index (χ2v) is 9.24. The zero-order valence-electron chi connectivity index (χ0n) is 18.5. The van der Waals surface area contributed by atoms with Gasteiger partial charge in [0.2, 0.25) is 5.91 Å². The molecule has 0 aliphatic carbocycles. The van der Waals surface area contributed by atoms with Gasteiger partial charge >= 0.3 is 0 Å². The third-order valence-electron chi connectivity index (χ3n) is 5.98. The smallest absolute Gasteiger partial charge is 0.221 e. The molecule has 170 valence electrons. The van der Waals surface area contributed by atoms with Gasteiger partial charge in [0.15, 0.2) is 0 Å². The molecule has 0 aliphatic rings. The molecule has 6 heteroatoms. The van der Waals surface area contributed by atoms with Crippen molar-refractivity contribution < 1.29 is 9.18 Å². The molecule has 0 bridgehead atoms. The van der Waals surface area contributed by atoms with Crippen molar-refractivity contribution in [2.75, 3.05) is 0 Å². The summed E-state index contributed by atoms with van der Waals surface area (Å²) in [4.78, 5) is 18.2. The zero-order chi connectivity index (χ0) is 23.3. The number of para-hydroxylation sites is 1. The highest BCUT2D eigenvalue weighted by atomic mass is 32.1. The second-order valence-electron chi connectivity index (χ2n) is 8.26. The average molecular weight is 470 g/mol. The number of fused-ring (bicyclic) bond motifs is 1. The number of hydrogen-bond acceptors (Lipinski definition) is 3. The Bertz CT molecular complexity index is 1380. The van der Waals surface area contributed by atoms with Crippen LogP contribution >= 0.6 is 11.3 Å². The number of rotatable bonds is 8. The predicted octanol–water partition coefficient (Wildman–Crippen LogP) is 6.12. The Hall–Kier alpha value is -3.77. The molecule has 0 fully saturated rings. The van der Waals surface area contributed by atoms with Crippen LogP contribution in [0.15, 0.2) is 96.8 Å². The maximum absolute atomic E-state index is 13.4. The van der Waals surface area contributed by atoms with Gasteiger partial charge in [0, 0.05) is 59.8 Å². The summed E-state index contributed by atoms with van der Waals surface area (Å²) < 4.78 is 15.6. The maximum Gasteiger partial charge on any atom is 0.221 e. The molecule has 4 nitrogen and oxygen atoms in total. The number of aromatic nitrogens is 2. The standard InChI is InChI=1S/C28H24FN3OS/c29-22-9-7-21(8-10-22)18-32-19-25(23-4-1-2-5-26(23)32)24(27-6-3-15-34-27)16-28(33)31-17-20-11-13-30-14-12-20/h1-15,19,24H,16-18H2,(H,31,33). The van der Waals surface area contributed by atoms with Gasteiger partial charge in [-0.25, -0.2) is 4.39 Å². The van der Waals surface area contributed by atoms with E-state index < -0.39 is 0 Å². The maximum atomic E-state index is 13.4. The van der Waals surface area contributed by atoms with Crippen molar-refractivity contribution in [1.29, 1.82) is 0 Å². The lowest BCUT2D eigenvalue weighted by Gasteiger charge is -2.15. The van der Waals surface area contributed by atoms with E-state index in [0.29, 0.717) is 19.5 Å². The molecule has 34 heavy (non-hydrogen) atoms. The summed E-state index contributed by atoms with van der Waals surface area (Å²) in [7, 11) is 0. The summed E-state index contributed by atoms with van der Waals surface area (Å²) in [5.41, 5.74) is 4.27. The fourth-order valence-corrected chi connectivity index (χ4v) is 5.13. The summed E-state index contributed by atoms with van der Waals surface area (Å²) in [5.74, 6) is -0.292. The second kappa shape index (κ2) is 10.0. The Morgan fingerprint density at radius 3 is 2.53 bits per heavy atom. The van der Waals surface area contributed by atoms with E-state index in [2.05, 4.69) is 44.6 Å². The first-order chi connectivity index (χ1) is 16.7. The minimum absolute atomic E-state index is 0.00516. The lowest BCUT2D eigenvalue weighted by Crippen LogP contribution is -2.24. The highest BCUT2D eigenvalue weighted by Gasteiger charge is 2.23. The Balaban J connectivity index is 1.45.